The molecule has 0 spiro atoms. The molecule has 0 radical (unpaired) electrons. The molecule has 84 valence electrons. The molecule has 0 bridgehead atoms. The monoisotopic (exact) mass is 209 g/mol. The first-order valence-corrected chi connectivity index (χ1v) is 5.55. The van der Waals surface area contributed by atoms with Crippen molar-refractivity contribution in [1.82, 2.24) is 5.32 Å². The van der Waals surface area contributed by atoms with Crippen LogP contribution in [0, 0.1) is 17.8 Å². The van der Waals surface area contributed by atoms with E-state index in [1.165, 1.54) is 0 Å². The summed E-state index contributed by atoms with van der Waals surface area (Å²) >= 11 is 0. The van der Waals surface area contributed by atoms with Crippen molar-refractivity contribution < 1.29 is 9.53 Å². The molecule has 3 nitrogen and oxygen atoms in total. The third-order valence-electron chi connectivity index (χ3n) is 2.64. The van der Waals surface area contributed by atoms with Crippen LogP contribution < -0.4 is 5.32 Å². The molecule has 1 aliphatic rings. The maximum absolute atomic E-state index is 11.3. The van der Waals surface area contributed by atoms with E-state index in [0.717, 1.165) is 19.4 Å². The number of rotatable bonds is 2. The van der Waals surface area contributed by atoms with Crippen LogP contribution in [0.1, 0.15) is 33.6 Å². The van der Waals surface area contributed by atoms with E-state index in [9.17, 15) is 4.79 Å². The Balaban J connectivity index is 2.34. The predicted octanol–water partition coefficient (Wildman–Crippen LogP) is 1.33. The summed E-state index contributed by atoms with van der Waals surface area (Å²) in [7, 11) is 0. The van der Waals surface area contributed by atoms with E-state index >= 15 is 0 Å². The maximum atomic E-state index is 11.3. The van der Waals surface area contributed by atoms with Crippen LogP contribution in [0.2, 0.25) is 0 Å². The van der Waals surface area contributed by atoms with Gasteiger partial charge < -0.3 is 10.1 Å². The standard InChI is InChI=1S/C12H19NO2/c1-9(2)10(3)15-12(14)7-6-11-5-4-8-13-11/h9-11,13H,4-5,8H2,1-3H3. The molecule has 0 aromatic carbocycles. The summed E-state index contributed by atoms with van der Waals surface area (Å²) < 4.78 is 5.13. The van der Waals surface area contributed by atoms with Crippen molar-refractivity contribution in [3.05, 3.63) is 0 Å². The minimum absolute atomic E-state index is 0.0664. The van der Waals surface area contributed by atoms with Gasteiger partial charge in [0.1, 0.15) is 6.10 Å². The van der Waals surface area contributed by atoms with Crippen molar-refractivity contribution in [3.8, 4) is 11.8 Å². The summed E-state index contributed by atoms with van der Waals surface area (Å²) in [5, 5.41) is 3.21. The second kappa shape index (κ2) is 5.77. The molecule has 2 atom stereocenters. The van der Waals surface area contributed by atoms with E-state index in [1.807, 2.05) is 20.8 Å². The third kappa shape index (κ3) is 4.35. The molecule has 2 unspecified atom stereocenters. The lowest BCUT2D eigenvalue weighted by molar-refractivity contribution is -0.142. The van der Waals surface area contributed by atoms with Gasteiger partial charge >= 0.3 is 5.97 Å². The van der Waals surface area contributed by atoms with Crippen molar-refractivity contribution in [3.63, 3.8) is 0 Å². The fourth-order valence-electron chi connectivity index (χ4n) is 1.29. The Morgan fingerprint density at radius 2 is 2.20 bits per heavy atom. The van der Waals surface area contributed by atoms with Gasteiger partial charge in [0.15, 0.2) is 0 Å². The Kier molecular flexibility index (Phi) is 4.64. The average Bonchev–Trinajstić information content (AvgIpc) is 2.66. The van der Waals surface area contributed by atoms with Crippen LogP contribution in [0.4, 0.5) is 0 Å². The van der Waals surface area contributed by atoms with E-state index in [4.69, 9.17) is 4.74 Å². The van der Waals surface area contributed by atoms with Gasteiger partial charge in [-0.2, -0.15) is 0 Å². The number of nitrogens with one attached hydrogen (secondary N) is 1. The second-order valence-corrected chi connectivity index (χ2v) is 4.27. The summed E-state index contributed by atoms with van der Waals surface area (Å²) in [6, 6.07) is 0.173. The average molecular weight is 209 g/mol. The summed E-state index contributed by atoms with van der Waals surface area (Å²) in [6.45, 7) is 6.92. The maximum Gasteiger partial charge on any atom is 0.384 e. The second-order valence-electron chi connectivity index (χ2n) is 4.27. The first kappa shape index (κ1) is 12.1. The smallest absolute Gasteiger partial charge is 0.384 e. The SMILES string of the molecule is CC(C)C(C)OC(=O)C#CC1CCCN1. The fourth-order valence-corrected chi connectivity index (χ4v) is 1.29. The van der Waals surface area contributed by atoms with Crippen LogP contribution >= 0.6 is 0 Å². The van der Waals surface area contributed by atoms with Crippen molar-refractivity contribution in [2.24, 2.45) is 5.92 Å². The summed E-state index contributed by atoms with van der Waals surface area (Å²) in [5.74, 6) is 5.35. The first-order chi connectivity index (χ1) is 7.09. The Labute approximate surface area is 91.6 Å². The minimum atomic E-state index is -0.412. The summed E-state index contributed by atoms with van der Waals surface area (Å²) in [4.78, 5) is 11.3. The minimum Gasteiger partial charge on any atom is -0.453 e. The quantitative estimate of drug-likeness (QED) is 0.423. The van der Waals surface area contributed by atoms with E-state index < -0.39 is 5.97 Å². The highest BCUT2D eigenvalue weighted by atomic mass is 16.5. The van der Waals surface area contributed by atoms with Crippen molar-refractivity contribution in [1.29, 1.82) is 0 Å². The highest BCUT2D eigenvalue weighted by Gasteiger charge is 2.13. The van der Waals surface area contributed by atoms with E-state index in [1.54, 1.807) is 0 Å². The molecule has 1 fully saturated rings. The highest BCUT2D eigenvalue weighted by Crippen LogP contribution is 2.05. The number of hydrogen-bond acceptors (Lipinski definition) is 3. The number of hydrogen-bond donors (Lipinski definition) is 1. The molecule has 3 heteroatoms. The van der Waals surface area contributed by atoms with Crippen LogP contribution in [-0.2, 0) is 9.53 Å². The van der Waals surface area contributed by atoms with Crippen molar-refractivity contribution in [2.45, 2.75) is 45.8 Å². The van der Waals surface area contributed by atoms with Crippen LogP contribution in [0.5, 0.6) is 0 Å². The van der Waals surface area contributed by atoms with Crippen molar-refractivity contribution in [2.75, 3.05) is 6.54 Å². The molecular weight excluding hydrogens is 190 g/mol. The summed E-state index contributed by atoms with van der Waals surface area (Å²) in [5.41, 5.74) is 0. The van der Waals surface area contributed by atoms with Gasteiger partial charge in [-0.15, -0.1) is 0 Å². The third-order valence-corrected chi connectivity index (χ3v) is 2.64. The zero-order valence-electron chi connectivity index (χ0n) is 9.67. The molecule has 1 N–H and O–H groups in total. The van der Waals surface area contributed by atoms with Gasteiger partial charge in [0.05, 0.1) is 6.04 Å². The molecule has 1 saturated heterocycles. The van der Waals surface area contributed by atoms with Crippen LogP contribution in [0.3, 0.4) is 0 Å². The van der Waals surface area contributed by atoms with Gasteiger partial charge in [-0.3, -0.25) is 0 Å². The number of carbonyl (C=O) groups is 1. The van der Waals surface area contributed by atoms with E-state index in [0.29, 0.717) is 5.92 Å². The first-order valence-electron chi connectivity index (χ1n) is 5.55. The van der Waals surface area contributed by atoms with Crippen LogP contribution in [0.15, 0.2) is 0 Å². The lowest BCUT2D eigenvalue weighted by Crippen LogP contribution is -2.21. The van der Waals surface area contributed by atoms with E-state index in [-0.39, 0.29) is 12.1 Å². The molecule has 0 aliphatic carbocycles. The Morgan fingerprint density at radius 3 is 2.73 bits per heavy atom. The molecule has 1 heterocycles. The number of carbonyl (C=O) groups excluding carboxylic acids is 1. The number of ether oxygens (including phenoxy) is 1. The van der Waals surface area contributed by atoms with Gasteiger partial charge in [-0.05, 0) is 32.2 Å². The van der Waals surface area contributed by atoms with Gasteiger partial charge in [0, 0.05) is 5.92 Å². The lowest BCUT2D eigenvalue weighted by Gasteiger charge is -2.14. The molecule has 1 rings (SSSR count). The molecule has 0 aromatic rings. The lowest BCUT2D eigenvalue weighted by atomic mass is 10.1. The Morgan fingerprint density at radius 1 is 1.47 bits per heavy atom. The van der Waals surface area contributed by atoms with Gasteiger partial charge in [-0.1, -0.05) is 19.8 Å². The molecule has 0 amide bonds. The molecular formula is C12H19NO2. The number of esters is 1. The molecule has 0 saturated carbocycles. The molecule has 15 heavy (non-hydrogen) atoms. The zero-order valence-corrected chi connectivity index (χ0v) is 9.67. The normalized spacial score (nSPS) is 22.0. The van der Waals surface area contributed by atoms with E-state index in [2.05, 4.69) is 17.2 Å². The zero-order chi connectivity index (χ0) is 11.3. The van der Waals surface area contributed by atoms with Crippen molar-refractivity contribution >= 4 is 5.97 Å². The van der Waals surface area contributed by atoms with Gasteiger partial charge in [-0.25, -0.2) is 4.79 Å². The van der Waals surface area contributed by atoms with Crippen LogP contribution in [-0.4, -0.2) is 24.7 Å². The fraction of sp³-hybridized carbons (Fsp3) is 0.750. The summed E-state index contributed by atoms with van der Waals surface area (Å²) in [6.07, 6.45) is 2.10. The largest absolute Gasteiger partial charge is 0.453 e. The molecule has 1 aliphatic heterocycles. The van der Waals surface area contributed by atoms with Crippen LogP contribution in [0.25, 0.3) is 0 Å². The topological polar surface area (TPSA) is 38.3 Å². The Bertz CT molecular complexity index is 269. The molecule has 0 aromatic heterocycles. The van der Waals surface area contributed by atoms with Gasteiger partial charge in [0.2, 0.25) is 0 Å². The van der Waals surface area contributed by atoms with Gasteiger partial charge in [0.25, 0.3) is 0 Å². The predicted molar refractivity (Wildman–Crippen MR) is 59.2 cm³/mol. The Hall–Kier alpha value is -1.01. The highest BCUT2D eigenvalue weighted by molar-refractivity contribution is 5.88.